The van der Waals surface area contributed by atoms with Crippen molar-refractivity contribution < 1.29 is 9.18 Å². The van der Waals surface area contributed by atoms with Crippen molar-refractivity contribution in [2.75, 3.05) is 22.1 Å². The minimum atomic E-state index is -0.450. The lowest BCUT2D eigenvalue weighted by atomic mass is 10.1. The molecule has 2 aromatic carbocycles. The van der Waals surface area contributed by atoms with Crippen molar-refractivity contribution in [2.45, 2.75) is 6.42 Å². The minimum absolute atomic E-state index is 0.402. The summed E-state index contributed by atoms with van der Waals surface area (Å²) < 4.78 is 13.8. The van der Waals surface area contributed by atoms with Crippen LogP contribution in [-0.4, -0.2) is 17.6 Å². The quantitative estimate of drug-likeness (QED) is 0.721. The molecule has 0 spiro atoms. The van der Waals surface area contributed by atoms with Crippen LogP contribution in [0, 0.1) is 5.82 Å². The van der Waals surface area contributed by atoms with Crippen LogP contribution < -0.4 is 15.5 Å². The number of carbonyl (C=O) groups excluding carboxylic acids is 1. The van der Waals surface area contributed by atoms with E-state index in [1.807, 2.05) is 18.2 Å². The van der Waals surface area contributed by atoms with Crippen molar-refractivity contribution in [1.29, 1.82) is 0 Å². The molecule has 0 fully saturated rings. The molecule has 2 amide bonds. The van der Waals surface area contributed by atoms with Crippen LogP contribution in [0.3, 0.4) is 0 Å². The Kier molecular flexibility index (Phi) is 4.07. The van der Waals surface area contributed by atoms with Crippen molar-refractivity contribution in [3.63, 3.8) is 0 Å². The van der Waals surface area contributed by atoms with E-state index in [0.29, 0.717) is 10.8 Å². The van der Waals surface area contributed by atoms with Gasteiger partial charge < -0.3 is 10.2 Å². The maximum atomic E-state index is 13.8. The Labute approximate surface area is 148 Å². The fraction of sp³-hybridized carbons (Fsp3) is 0.111. The second-order valence-corrected chi connectivity index (χ2v) is 6.50. The molecular weight excluding hydrogens is 339 g/mol. The maximum Gasteiger partial charge on any atom is 0.325 e. The predicted octanol–water partition coefficient (Wildman–Crippen LogP) is 4.62. The summed E-state index contributed by atoms with van der Waals surface area (Å²) in [7, 11) is 0. The number of halogens is 1. The molecule has 0 atom stereocenters. The van der Waals surface area contributed by atoms with Crippen LogP contribution in [-0.2, 0) is 6.42 Å². The monoisotopic (exact) mass is 354 g/mol. The highest BCUT2D eigenvalue weighted by Crippen LogP contribution is 2.38. The van der Waals surface area contributed by atoms with Crippen LogP contribution in [0.15, 0.2) is 54.0 Å². The summed E-state index contributed by atoms with van der Waals surface area (Å²) in [6.07, 6.45) is 2.52. The lowest BCUT2D eigenvalue weighted by Crippen LogP contribution is -2.22. The van der Waals surface area contributed by atoms with Crippen LogP contribution >= 0.6 is 11.3 Å². The zero-order chi connectivity index (χ0) is 17.2. The number of rotatable bonds is 3. The third kappa shape index (κ3) is 3.18. The van der Waals surface area contributed by atoms with Gasteiger partial charge in [-0.1, -0.05) is 18.2 Å². The van der Waals surface area contributed by atoms with E-state index in [1.54, 1.807) is 17.6 Å². The Bertz CT molecular complexity index is 913. The summed E-state index contributed by atoms with van der Waals surface area (Å²) >= 11 is 1.32. The van der Waals surface area contributed by atoms with Crippen LogP contribution in [0.25, 0.3) is 0 Å². The number of aromatic nitrogens is 1. The second kappa shape index (κ2) is 6.52. The Morgan fingerprint density at radius 1 is 1.16 bits per heavy atom. The summed E-state index contributed by atoms with van der Waals surface area (Å²) in [5, 5.41) is 7.63. The molecule has 3 aromatic rings. The lowest BCUT2D eigenvalue weighted by molar-refractivity contribution is 0.262. The molecular formula is C18H15FN4OS. The standard InChI is InChI=1S/C18H15FN4OS/c19-13-5-6-16(23-9-7-12-3-1-2-4-15(12)23)14(11-13)21-17(24)22-18-20-8-10-25-18/h1-6,8,10-11H,7,9H2,(H2,20,21,22,24). The molecule has 1 aromatic heterocycles. The molecule has 0 unspecified atom stereocenters. The largest absolute Gasteiger partial charge is 0.339 e. The SMILES string of the molecule is O=C(Nc1nccs1)Nc1cc(F)ccc1N1CCc2ccccc21. The average Bonchev–Trinajstić information content (AvgIpc) is 3.25. The summed E-state index contributed by atoms with van der Waals surface area (Å²) in [4.78, 5) is 18.3. The van der Waals surface area contributed by atoms with Crippen LogP contribution in [0.1, 0.15) is 5.56 Å². The van der Waals surface area contributed by atoms with Crippen LogP contribution in [0.5, 0.6) is 0 Å². The number of nitrogens with zero attached hydrogens (tertiary/aromatic N) is 2. The minimum Gasteiger partial charge on any atom is -0.339 e. The number of carbonyl (C=O) groups is 1. The second-order valence-electron chi connectivity index (χ2n) is 5.61. The van der Waals surface area contributed by atoms with Crippen molar-refractivity contribution in [3.8, 4) is 0 Å². The van der Waals surface area contributed by atoms with Gasteiger partial charge in [0.25, 0.3) is 0 Å². The predicted molar refractivity (Wildman–Crippen MR) is 98.3 cm³/mol. The fourth-order valence-electron chi connectivity index (χ4n) is 2.97. The molecule has 0 aliphatic carbocycles. The van der Waals surface area contributed by atoms with Crippen LogP contribution in [0.4, 0.5) is 31.4 Å². The van der Waals surface area contributed by atoms with Crippen molar-refractivity contribution in [3.05, 3.63) is 65.4 Å². The van der Waals surface area contributed by atoms with Gasteiger partial charge in [-0.2, -0.15) is 0 Å². The molecule has 0 radical (unpaired) electrons. The van der Waals surface area contributed by atoms with E-state index in [9.17, 15) is 9.18 Å². The van der Waals surface area contributed by atoms with E-state index in [1.165, 1.54) is 29.0 Å². The van der Waals surface area contributed by atoms with E-state index >= 15 is 0 Å². The van der Waals surface area contributed by atoms with E-state index < -0.39 is 11.8 Å². The van der Waals surface area contributed by atoms with Gasteiger partial charge in [-0.05, 0) is 36.2 Å². The Morgan fingerprint density at radius 3 is 2.88 bits per heavy atom. The van der Waals surface area contributed by atoms with Gasteiger partial charge >= 0.3 is 6.03 Å². The van der Waals surface area contributed by atoms with Gasteiger partial charge in [-0.25, -0.2) is 14.2 Å². The highest BCUT2D eigenvalue weighted by atomic mass is 32.1. The van der Waals surface area contributed by atoms with Gasteiger partial charge in [0.2, 0.25) is 0 Å². The third-order valence-corrected chi connectivity index (χ3v) is 4.73. The zero-order valence-electron chi connectivity index (χ0n) is 13.2. The fourth-order valence-corrected chi connectivity index (χ4v) is 3.49. The Balaban J connectivity index is 1.62. The highest BCUT2D eigenvalue weighted by Gasteiger charge is 2.23. The summed E-state index contributed by atoms with van der Waals surface area (Å²) in [5.74, 6) is -0.402. The molecule has 7 heteroatoms. The number of thiazole rings is 1. The topological polar surface area (TPSA) is 57.3 Å². The van der Waals surface area contributed by atoms with E-state index in [0.717, 1.165) is 24.3 Å². The third-order valence-electron chi connectivity index (χ3n) is 4.04. The Morgan fingerprint density at radius 2 is 2.04 bits per heavy atom. The smallest absolute Gasteiger partial charge is 0.325 e. The van der Waals surface area contributed by atoms with Crippen molar-refractivity contribution >= 4 is 39.6 Å². The number of amides is 2. The number of para-hydroxylation sites is 1. The number of fused-ring (bicyclic) bond motifs is 1. The number of anilines is 4. The molecule has 0 bridgehead atoms. The first-order valence-electron chi connectivity index (χ1n) is 7.83. The van der Waals surface area contributed by atoms with Crippen molar-refractivity contribution in [1.82, 2.24) is 4.98 Å². The molecule has 0 saturated carbocycles. The number of hydrogen-bond acceptors (Lipinski definition) is 4. The van der Waals surface area contributed by atoms with Crippen LogP contribution in [0.2, 0.25) is 0 Å². The summed E-state index contributed by atoms with van der Waals surface area (Å²) in [6, 6.07) is 12.1. The van der Waals surface area contributed by atoms with Gasteiger partial charge in [-0.3, -0.25) is 5.32 Å². The number of nitrogens with one attached hydrogen (secondary N) is 2. The maximum absolute atomic E-state index is 13.8. The summed E-state index contributed by atoms with van der Waals surface area (Å²) in [6.45, 7) is 0.785. The van der Waals surface area contributed by atoms with Gasteiger partial charge in [0.05, 0.1) is 11.4 Å². The van der Waals surface area contributed by atoms with E-state index in [-0.39, 0.29) is 0 Å². The molecule has 2 heterocycles. The van der Waals surface area contributed by atoms with Crippen molar-refractivity contribution in [2.24, 2.45) is 0 Å². The lowest BCUT2D eigenvalue weighted by Gasteiger charge is -2.23. The molecule has 1 aliphatic rings. The normalized spacial score (nSPS) is 12.8. The van der Waals surface area contributed by atoms with Gasteiger partial charge in [-0.15, -0.1) is 11.3 Å². The van der Waals surface area contributed by atoms with Gasteiger partial charge in [0.1, 0.15) is 5.82 Å². The molecule has 25 heavy (non-hydrogen) atoms. The van der Waals surface area contributed by atoms with E-state index in [4.69, 9.17) is 0 Å². The van der Waals surface area contributed by atoms with Gasteiger partial charge in [0.15, 0.2) is 5.13 Å². The summed E-state index contributed by atoms with van der Waals surface area (Å²) in [5.41, 5.74) is 3.51. The molecule has 0 saturated heterocycles. The molecule has 126 valence electrons. The highest BCUT2D eigenvalue weighted by molar-refractivity contribution is 7.13. The Hall–Kier alpha value is -2.93. The average molecular weight is 354 g/mol. The zero-order valence-corrected chi connectivity index (χ0v) is 14.0. The first-order chi connectivity index (χ1) is 12.2. The van der Waals surface area contributed by atoms with Gasteiger partial charge in [0, 0.05) is 23.8 Å². The first kappa shape index (κ1) is 15.6. The number of urea groups is 1. The first-order valence-corrected chi connectivity index (χ1v) is 8.71. The number of benzene rings is 2. The number of hydrogen-bond donors (Lipinski definition) is 2. The molecule has 2 N–H and O–H groups in total. The molecule has 4 rings (SSSR count). The molecule has 5 nitrogen and oxygen atoms in total. The van der Waals surface area contributed by atoms with E-state index in [2.05, 4.69) is 26.6 Å². The molecule has 1 aliphatic heterocycles.